The van der Waals surface area contributed by atoms with Gasteiger partial charge in [-0.2, -0.15) is 0 Å². The minimum atomic E-state index is -0.901. The van der Waals surface area contributed by atoms with Gasteiger partial charge in [-0.15, -0.1) is 11.3 Å². The summed E-state index contributed by atoms with van der Waals surface area (Å²) >= 11 is 1.58. The molecule has 13 nitrogen and oxygen atoms in total. The molecule has 3 amide bonds. The van der Waals surface area contributed by atoms with E-state index in [2.05, 4.69) is 15.6 Å². The van der Waals surface area contributed by atoms with Crippen LogP contribution in [0.15, 0.2) is 29.8 Å². The molecule has 0 saturated carbocycles. The number of likely N-dealkylation sites (tertiary alicyclic amines) is 1. The fraction of sp³-hybridized carbons (Fsp3) is 0.636. The van der Waals surface area contributed by atoms with Gasteiger partial charge in [-0.1, -0.05) is 45.0 Å². The van der Waals surface area contributed by atoms with Gasteiger partial charge in [0.1, 0.15) is 12.1 Å². The third kappa shape index (κ3) is 12.9. The SMILES string of the molecule is Cc1ncsc1-c1ccc(CNC(=O)C2CC(O)CN2C(=O)[C@@H](NC(=O)CCOCCOCCOCCOCCN)C(C)(C)C)cc1. The number of nitrogens with two attached hydrogens (primary N) is 1. The first kappa shape index (κ1) is 38.5. The molecule has 1 aliphatic rings. The summed E-state index contributed by atoms with van der Waals surface area (Å²) in [6.45, 7) is 11.4. The van der Waals surface area contributed by atoms with Crippen LogP contribution in [0.5, 0.6) is 0 Å². The lowest BCUT2D eigenvalue weighted by Crippen LogP contribution is -2.57. The number of aromatic nitrogens is 1. The summed E-state index contributed by atoms with van der Waals surface area (Å²) < 4.78 is 21.6. The number of thiazole rings is 1. The summed E-state index contributed by atoms with van der Waals surface area (Å²) in [6, 6.07) is 6.13. The predicted molar refractivity (Wildman–Crippen MR) is 179 cm³/mol. The van der Waals surface area contributed by atoms with Crippen molar-refractivity contribution in [2.45, 2.75) is 65.3 Å². The number of hydrogen-bond donors (Lipinski definition) is 4. The summed E-state index contributed by atoms with van der Waals surface area (Å²) in [5.41, 5.74) is 9.45. The molecule has 262 valence electrons. The molecule has 2 aromatic rings. The maximum atomic E-state index is 13.8. The van der Waals surface area contributed by atoms with Gasteiger partial charge in [-0.05, 0) is 23.5 Å². The maximum absolute atomic E-state index is 13.8. The van der Waals surface area contributed by atoms with Crippen molar-refractivity contribution in [3.8, 4) is 10.4 Å². The van der Waals surface area contributed by atoms with E-state index in [9.17, 15) is 19.5 Å². The Morgan fingerprint density at radius 3 is 2.15 bits per heavy atom. The van der Waals surface area contributed by atoms with Crippen LogP contribution >= 0.6 is 11.3 Å². The van der Waals surface area contributed by atoms with Crippen LogP contribution in [0.2, 0.25) is 0 Å². The fourth-order valence-electron chi connectivity index (χ4n) is 5.02. The van der Waals surface area contributed by atoms with Gasteiger partial charge in [-0.3, -0.25) is 14.4 Å². The zero-order chi connectivity index (χ0) is 34.2. The number of nitrogens with zero attached hydrogens (tertiary/aromatic N) is 2. The molecule has 3 rings (SSSR count). The Hall–Kier alpha value is -2.98. The van der Waals surface area contributed by atoms with Crippen molar-refractivity contribution in [1.82, 2.24) is 20.5 Å². The Bertz CT molecular complexity index is 1250. The first-order valence-corrected chi connectivity index (χ1v) is 16.9. The van der Waals surface area contributed by atoms with Gasteiger partial charge in [0.15, 0.2) is 0 Å². The van der Waals surface area contributed by atoms with E-state index >= 15 is 0 Å². The van der Waals surface area contributed by atoms with Crippen LogP contribution in [-0.4, -0.2) is 117 Å². The van der Waals surface area contributed by atoms with Gasteiger partial charge in [-0.25, -0.2) is 4.98 Å². The molecule has 2 heterocycles. The molecule has 1 aliphatic heterocycles. The number of aliphatic hydroxyl groups is 1. The fourth-order valence-corrected chi connectivity index (χ4v) is 5.84. The smallest absolute Gasteiger partial charge is 0.246 e. The molecule has 1 aromatic heterocycles. The maximum Gasteiger partial charge on any atom is 0.246 e. The van der Waals surface area contributed by atoms with E-state index in [1.807, 2.05) is 57.5 Å². The zero-order valence-corrected chi connectivity index (χ0v) is 28.8. The average Bonchev–Trinajstić information content (AvgIpc) is 3.65. The lowest BCUT2D eigenvalue weighted by atomic mass is 9.85. The van der Waals surface area contributed by atoms with Crippen molar-refractivity contribution in [2.24, 2.45) is 11.1 Å². The summed E-state index contributed by atoms with van der Waals surface area (Å²) in [5, 5.41) is 16.2. The minimum absolute atomic E-state index is 0.0124. The molecule has 5 N–H and O–H groups in total. The number of amides is 3. The lowest BCUT2D eigenvalue weighted by Gasteiger charge is -2.35. The normalized spacial score (nSPS) is 17.1. The topological polar surface area (TPSA) is 175 Å². The zero-order valence-electron chi connectivity index (χ0n) is 28.0. The predicted octanol–water partition coefficient (Wildman–Crippen LogP) is 1.64. The summed E-state index contributed by atoms with van der Waals surface area (Å²) in [5.74, 6) is -1.11. The lowest BCUT2D eigenvalue weighted by molar-refractivity contribution is -0.144. The molecule has 0 bridgehead atoms. The van der Waals surface area contributed by atoms with Gasteiger partial charge in [0.25, 0.3) is 0 Å². The van der Waals surface area contributed by atoms with Crippen molar-refractivity contribution < 1.29 is 38.4 Å². The summed E-state index contributed by atoms with van der Waals surface area (Å²) in [7, 11) is 0. The minimum Gasteiger partial charge on any atom is -0.391 e. The van der Waals surface area contributed by atoms with Crippen LogP contribution in [-0.2, 0) is 39.9 Å². The molecule has 3 atom stereocenters. The average molecular weight is 678 g/mol. The molecular formula is C33H51N5O8S. The first-order valence-electron chi connectivity index (χ1n) is 16.1. The number of ether oxygens (including phenoxy) is 4. The first-order chi connectivity index (χ1) is 22.5. The van der Waals surface area contributed by atoms with Gasteiger partial charge < -0.3 is 45.3 Å². The Labute approximate surface area is 281 Å². The Morgan fingerprint density at radius 1 is 1.00 bits per heavy atom. The number of hydrogen-bond acceptors (Lipinski definition) is 11. The summed E-state index contributed by atoms with van der Waals surface area (Å²) in [6.07, 6.45) is -0.665. The van der Waals surface area contributed by atoms with Crippen LogP contribution in [0.3, 0.4) is 0 Å². The number of nitrogens with one attached hydrogen (secondary N) is 2. The standard InChI is InChI=1S/C33H51N5O8S/c1-23-29(47-22-36-23)25-7-5-24(6-8-25)20-35-31(41)27-19-26(39)21-38(27)32(42)30(33(2,3)4)37-28(40)9-11-43-13-15-45-17-18-46-16-14-44-12-10-34/h5-8,22,26-27,30,39H,9-21,34H2,1-4H3,(H,35,41)(H,37,40)/t26?,27?,30-/m1/s1. The number of β-amino-alcohol motifs (C(OH)–C–C–N with tert-alkyl or cyclic N) is 1. The van der Waals surface area contributed by atoms with Crippen LogP contribution in [0.1, 0.15) is 44.9 Å². The van der Waals surface area contributed by atoms with Crippen LogP contribution in [0.4, 0.5) is 0 Å². The van der Waals surface area contributed by atoms with Crippen LogP contribution in [0, 0.1) is 12.3 Å². The van der Waals surface area contributed by atoms with E-state index in [0.717, 1.165) is 21.7 Å². The van der Waals surface area contributed by atoms with E-state index < -0.39 is 29.5 Å². The van der Waals surface area contributed by atoms with Crippen LogP contribution < -0.4 is 16.4 Å². The van der Waals surface area contributed by atoms with E-state index in [4.69, 9.17) is 24.7 Å². The highest BCUT2D eigenvalue weighted by Crippen LogP contribution is 2.28. The van der Waals surface area contributed by atoms with Gasteiger partial charge in [0.05, 0.1) is 75.0 Å². The Balaban J connectivity index is 1.42. The molecule has 1 fully saturated rings. The van der Waals surface area contributed by atoms with Gasteiger partial charge >= 0.3 is 0 Å². The van der Waals surface area contributed by atoms with E-state index in [-0.39, 0.29) is 44.4 Å². The van der Waals surface area contributed by atoms with E-state index in [1.165, 1.54) is 4.90 Å². The molecule has 1 saturated heterocycles. The van der Waals surface area contributed by atoms with E-state index in [0.29, 0.717) is 52.8 Å². The molecule has 2 unspecified atom stereocenters. The molecule has 0 spiro atoms. The van der Waals surface area contributed by atoms with Crippen LogP contribution in [0.25, 0.3) is 10.4 Å². The second-order valence-electron chi connectivity index (χ2n) is 12.4. The largest absolute Gasteiger partial charge is 0.391 e. The number of rotatable bonds is 20. The molecule has 14 heteroatoms. The second kappa shape index (κ2) is 19.7. The van der Waals surface area contributed by atoms with E-state index in [1.54, 1.807) is 11.3 Å². The third-order valence-corrected chi connectivity index (χ3v) is 8.54. The second-order valence-corrected chi connectivity index (χ2v) is 13.3. The van der Waals surface area contributed by atoms with Crippen molar-refractivity contribution in [1.29, 1.82) is 0 Å². The quantitative estimate of drug-likeness (QED) is 0.151. The highest BCUT2D eigenvalue weighted by molar-refractivity contribution is 7.13. The number of aliphatic hydroxyl groups excluding tert-OH is 1. The molecule has 1 aromatic carbocycles. The number of benzene rings is 1. The molecular weight excluding hydrogens is 626 g/mol. The molecule has 0 radical (unpaired) electrons. The van der Waals surface area contributed by atoms with Gasteiger partial charge in [0.2, 0.25) is 17.7 Å². The monoisotopic (exact) mass is 677 g/mol. The molecule has 0 aliphatic carbocycles. The van der Waals surface area contributed by atoms with Crippen molar-refractivity contribution >= 4 is 29.1 Å². The third-order valence-electron chi connectivity index (χ3n) is 7.56. The highest BCUT2D eigenvalue weighted by atomic mass is 32.1. The van der Waals surface area contributed by atoms with Crippen molar-refractivity contribution in [3.05, 3.63) is 41.0 Å². The van der Waals surface area contributed by atoms with Gasteiger partial charge in [0, 0.05) is 32.5 Å². The number of carbonyl (C=O) groups excluding carboxylic acids is 3. The highest BCUT2D eigenvalue weighted by Gasteiger charge is 2.44. The summed E-state index contributed by atoms with van der Waals surface area (Å²) in [4.78, 5) is 46.6. The Kier molecular flexibility index (Phi) is 16.2. The number of aryl methyl sites for hydroxylation is 1. The van der Waals surface area contributed by atoms with Crippen molar-refractivity contribution in [3.63, 3.8) is 0 Å². The Morgan fingerprint density at radius 2 is 1.60 bits per heavy atom. The number of carbonyl (C=O) groups is 3. The van der Waals surface area contributed by atoms with Crippen molar-refractivity contribution in [2.75, 3.05) is 65.9 Å². The molecule has 47 heavy (non-hydrogen) atoms.